The van der Waals surface area contributed by atoms with E-state index < -0.39 is 0 Å². The van der Waals surface area contributed by atoms with E-state index in [9.17, 15) is 4.79 Å². The van der Waals surface area contributed by atoms with E-state index in [1.807, 2.05) is 69.4 Å². The van der Waals surface area contributed by atoms with Gasteiger partial charge in [-0.15, -0.1) is 0 Å². The molecule has 0 aliphatic rings. The molecule has 0 aliphatic carbocycles. The summed E-state index contributed by atoms with van der Waals surface area (Å²) in [7, 11) is 1.81. The number of benzene rings is 2. The number of nitrogens with zero attached hydrogens (tertiary/aromatic N) is 1. The van der Waals surface area contributed by atoms with Gasteiger partial charge in [-0.25, -0.2) is 0 Å². The molecule has 0 bridgehead atoms. The van der Waals surface area contributed by atoms with Crippen LogP contribution in [0, 0.1) is 13.8 Å². The van der Waals surface area contributed by atoms with Gasteiger partial charge in [0.2, 0.25) is 0 Å². The van der Waals surface area contributed by atoms with Crippen molar-refractivity contribution in [2.24, 2.45) is 0 Å². The third kappa shape index (κ3) is 2.43. The number of carbonyl (C=O) groups is 1. The maximum Gasteiger partial charge on any atom is 0.258 e. The molecule has 0 fully saturated rings. The van der Waals surface area contributed by atoms with E-state index in [0.29, 0.717) is 5.56 Å². The fraction of sp³-hybridized carbons (Fsp3) is 0.188. The van der Waals surface area contributed by atoms with Crippen LogP contribution in [0.4, 0.5) is 5.69 Å². The molecule has 2 nitrogen and oxygen atoms in total. The lowest BCUT2D eigenvalue weighted by Gasteiger charge is -2.19. The number of hydrogen-bond donors (Lipinski definition) is 0. The molecule has 92 valence electrons. The molecule has 0 unspecified atom stereocenters. The normalized spacial score (nSPS) is 10.2. The molecule has 0 radical (unpaired) electrons. The number of carbonyl (C=O) groups excluding carboxylic acids is 1. The van der Waals surface area contributed by atoms with Gasteiger partial charge in [0.25, 0.3) is 5.91 Å². The fourth-order valence-electron chi connectivity index (χ4n) is 1.94. The molecule has 0 aromatic heterocycles. The molecular formula is C16H17NO. The Kier molecular flexibility index (Phi) is 3.47. The highest BCUT2D eigenvalue weighted by Gasteiger charge is 2.14. The topological polar surface area (TPSA) is 20.3 Å². The predicted octanol–water partition coefficient (Wildman–Crippen LogP) is 3.58. The van der Waals surface area contributed by atoms with Crippen LogP contribution in [0.2, 0.25) is 0 Å². The zero-order valence-corrected chi connectivity index (χ0v) is 11.0. The van der Waals surface area contributed by atoms with Crippen molar-refractivity contribution in [1.82, 2.24) is 0 Å². The Hall–Kier alpha value is -2.09. The molecule has 2 aromatic rings. The van der Waals surface area contributed by atoms with Crippen LogP contribution in [0.3, 0.4) is 0 Å². The number of para-hydroxylation sites is 1. The van der Waals surface area contributed by atoms with Crippen LogP contribution in [-0.2, 0) is 0 Å². The lowest BCUT2D eigenvalue weighted by atomic mass is 10.1. The van der Waals surface area contributed by atoms with Gasteiger partial charge in [-0.1, -0.05) is 35.9 Å². The third-order valence-corrected chi connectivity index (χ3v) is 3.08. The first-order valence-electron chi connectivity index (χ1n) is 6.00. The standard InChI is InChI=1S/C16H17NO/c1-12-8-10-14(11-9-12)16(18)17(3)15-7-5-4-6-13(15)2/h4-11H,1-3H3. The van der Waals surface area contributed by atoms with Gasteiger partial charge in [-0.2, -0.15) is 0 Å². The number of hydrogen-bond acceptors (Lipinski definition) is 1. The summed E-state index contributed by atoms with van der Waals surface area (Å²) < 4.78 is 0. The van der Waals surface area contributed by atoms with E-state index in [2.05, 4.69) is 0 Å². The Morgan fingerprint density at radius 3 is 2.17 bits per heavy atom. The first-order chi connectivity index (χ1) is 8.59. The maximum absolute atomic E-state index is 12.3. The van der Waals surface area contributed by atoms with Gasteiger partial charge in [0.1, 0.15) is 0 Å². The Morgan fingerprint density at radius 1 is 0.944 bits per heavy atom. The van der Waals surface area contributed by atoms with E-state index in [4.69, 9.17) is 0 Å². The summed E-state index contributed by atoms with van der Waals surface area (Å²) in [4.78, 5) is 14.0. The third-order valence-electron chi connectivity index (χ3n) is 3.08. The number of aryl methyl sites for hydroxylation is 2. The van der Waals surface area contributed by atoms with E-state index in [-0.39, 0.29) is 5.91 Å². The van der Waals surface area contributed by atoms with Crippen LogP contribution >= 0.6 is 0 Å². The summed E-state index contributed by atoms with van der Waals surface area (Å²) in [6, 6.07) is 15.5. The van der Waals surface area contributed by atoms with Crippen molar-refractivity contribution in [2.75, 3.05) is 11.9 Å². The molecule has 0 N–H and O–H groups in total. The van der Waals surface area contributed by atoms with Crippen LogP contribution in [-0.4, -0.2) is 13.0 Å². The second-order valence-electron chi connectivity index (χ2n) is 4.52. The van der Waals surface area contributed by atoms with Crippen molar-refractivity contribution >= 4 is 11.6 Å². The molecule has 18 heavy (non-hydrogen) atoms. The molecule has 2 aromatic carbocycles. The summed E-state index contributed by atoms with van der Waals surface area (Å²) in [6.45, 7) is 4.02. The minimum Gasteiger partial charge on any atom is -0.311 e. The smallest absolute Gasteiger partial charge is 0.258 e. The van der Waals surface area contributed by atoms with Crippen molar-refractivity contribution in [3.8, 4) is 0 Å². The van der Waals surface area contributed by atoms with E-state index in [0.717, 1.165) is 16.8 Å². The summed E-state index contributed by atoms with van der Waals surface area (Å²) in [5.74, 6) is 0.0179. The van der Waals surface area contributed by atoms with Gasteiger partial charge in [-0.05, 0) is 37.6 Å². The SMILES string of the molecule is Cc1ccc(C(=O)N(C)c2ccccc2C)cc1. The summed E-state index contributed by atoms with van der Waals surface area (Å²) in [6.07, 6.45) is 0. The number of rotatable bonds is 2. The monoisotopic (exact) mass is 239 g/mol. The first-order valence-corrected chi connectivity index (χ1v) is 6.00. The van der Waals surface area contributed by atoms with Crippen LogP contribution in [0.1, 0.15) is 21.5 Å². The second-order valence-corrected chi connectivity index (χ2v) is 4.52. The molecule has 0 heterocycles. The van der Waals surface area contributed by atoms with Crippen LogP contribution in [0.5, 0.6) is 0 Å². The Labute approximate surface area is 108 Å². The van der Waals surface area contributed by atoms with Crippen molar-refractivity contribution in [2.45, 2.75) is 13.8 Å². The van der Waals surface area contributed by atoms with E-state index in [1.54, 1.807) is 4.90 Å². The summed E-state index contributed by atoms with van der Waals surface area (Å²) in [5.41, 5.74) is 3.92. The Bertz CT molecular complexity index is 558. The molecule has 0 atom stereocenters. The Morgan fingerprint density at radius 2 is 1.56 bits per heavy atom. The maximum atomic E-state index is 12.3. The molecule has 0 saturated heterocycles. The van der Waals surface area contributed by atoms with Crippen molar-refractivity contribution in [3.63, 3.8) is 0 Å². The fourth-order valence-corrected chi connectivity index (χ4v) is 1.94. The summed E-state index contributed by atoms with van der Waals surface area (Å²) in [5, 5.41) is 0. The van der Waals surface area contributed by atoms with Crippen LogP contribution in [0.15, 0.2) is 48.5 Å². The highest BCUT2D eigenvalue weighted by molar-refractivity contribution is 6.06. The second kappa shape index (κ2) is 5.05. The van der Waals surface area contributed by atoms with E-state index in [1.165, 1.54) is 0 Å². The van der Waals surface area contributed by atoms with Gasteiger partial charge in [0.05, 0.1) is 0 Å². The number of anilines is 1. The highest BCUT2D eigenvalue weighted by atomic mass is 16.2. The van der Waals surface area contributed by atoms with Gasteiger partial charge >= 0.3 is 0 Å². The van der Waals surface area contributed by atoms with Gasteiger partial charge in [0, 0.05) is 18.3 Å². The largest absolute Gasteiger partial charge is 0.311 e. The minimum absolute atomic E-state index is 0.0179. The van der Waals surface area contributed by atoms with Gasteiger partial charge in [0.15, 0.2) is 0 Å². The molecule has 2 rings (SSSR count). The Balaban J connectivity index is 2.29. The first kappa shape index (κ1) is 12.4. The molecule has 0 spiro atoms. The highest BCUT2D eigenvalue weighted by Crippen LogP contribution is 2.20. The van der Waals surface area contributed by atoms with Gasteiger partial charge in [-0.3, -0.25) is 4.79 Å². The lowest BCUT2D eigenvalue weighted by Crippen LogP contribution is -2.26. The minimum atomic E-state index is 0.0179. The molecular weight excluding hydrogens is 222 g/mol. The van der Waals surface area contributed by atoms with Crippen molar-refractivity contribution in [3.05, 3.63) is 65.2 Å². The van der Waals surface area contributed by atoms with E-state index >= 15 is 0 Å². The zero-order chi connectivity index (χ0) is 13.1. The number of amides is 1. The molecule has 1 amide bonds. The predicted molar refractivity (Wildman–Crippen MR) is 75.1 cm³/mol. The molecule has 0 saturated carbocycles. The average molecular weight is 239 g/mol. The lowest BCUT2D eigenvalue weighted by molar-refractivity contribution is 0.0993. The van der Waals surface area contributed by atoms with Crippen molar-refractivity contribution in [1.29, 1.82) is 0 Å². The van der Waals surface area contributed by atoms with Crippen molar-refractivity contribution < 1.29 is 4.79 Å². The molecule has 2 heteroatoms. The van der Waals surface area contributed by atoms with Crippen LogP contribution < -0.4 is 4.90 Å². The summed E-state index contributed by atoms with van der Waals surface area (Å²) >= 11 is 0. The van der Waals surface area contributed by atoms with Gasteiger partial charge < -0.3 is 4.90 Å². The van der Waals surface area contributed by atoms with Crippen LogP contribution in [0.25, 0.3) is 0 Å². The molecule has 0 aliphatic heterocycles. The zero-order valence-electron chi connectivity index (χ0n) is 11.0. The quantitative estimate of drug-likeness (QED) is 0.784. The average Bonchev–Trinajstić information content (AvgIpc) is 2.38.